The maximum absolute atomic E-state index is 13.1. The lowest BCUT2D eigenvalue weighted by molar-refractivity contribution is -0.120. The van der Waals surface area contributed by atoms with Crippen LogP contribution in [-0.4, -0.2) is 70.2 Å². The van der Waals surface area contributed by atoms with Gasteiger partial charge in [-0.2, -0.15) is 4.31 Å². The summed E-state index contributed by atoms with van der Waals surface area (Å²) in [7, 11) is -2.23. The minimum Gasteiger partial charge on any atom is -0.495 e. The molecule has 2 amide bonds. The fourth-order valence-corrected chi connectivity index (χ4v) is 5.88. The number of nitrogens with zero attached hydrogens (tertiary/aromatic N) is 2. The standard InChI is InChI=1S/C21H23N3O6S2/c1-29-18-5-3-2-4-16(18)22-20(25)13-24-17-12-15(6-7-19(17)31-14-21(24)26)32(27,28)23-8-10-30-11-9-23/h2-7,12H,8-11,13-14H2,1H3,(H,22,25). The lowest BCUT2D eigenvalue weighted by Crippen LogP contribution is -2.42. The Labute approximate surface area is 190 Å². The summed E-state index contributed by atoms with van der Waals surface area (Å²) in [6.07, 6.45) is 0. The first-order valence-corrected chi connectivity index (χ1v) is 12.4. The van der Waals surface area contributed by atoms with Gasteiger partial charge in [0.2, 0.25) is 21.8 Å². The molecule has 2 aliphatic rings. The number of carbonyl (C=O) groups excluding carboxylic acids is 2. The van der Waals surface area contributed by atoms with Crippen molar-refractivity contribution in [2.24, 2.45) is 0 Å². The van der Waals surface area contributed by atoms with E-state index in [1.165, 1.54) is 34.1 Å². The molecule has 9 nitrogen and oxygen atoms in total. The van der Waals surface area contributed by atoms with Crippen LogP contribution in [-0.2, 0) is 24.3 Å². The lowest BCUT2D eigenvalue weighted by atomic mass is 10.2. The van der Waals surface area contributed by atoms with E-state index in [1.807, 2.05) is 0 Å². The van der Waals surface area contributed by atoms with Gasteiger partial charge in [-0.05, 0) is 30.3 Å². The zero-order valence-electron chi connectivity index (χ0n) is 17.4. The van der Waals surface area contributed by atoms with Crippen LogP contribution in [0.5, 0.6) is 5.75 Å². The summed E-state index contributed by atoms with van der Waals surface area (Å²) in [6.45, 7) is 0.989. The molecule has 0 saturated carbocycles. The van der Waals surface area contributed by atoms with Crippen LogP contribution < -0.4 is 15.0 Å². The lowest BCUT2D eigenvalue weighted by Gasteiger charge is -2.30. The van der Waals surface area contributed by atoms with Gasteiger partial charge >= 0.3 is 0 Å². The third-order valence-electron chi connectivity index (χ3n) is 5.16. The maximum atomic E-state index is 13.1. The van der Waals surface area contributed by atoms with Crippen LogP contribution in [0, 0.1) is 0 Å². The van der Waals surface area contributed by atoms with Crippen LogP contribution in [0.2, 0.25) is 0 Å². The van der Waals surface area contributed by atoms with E-state index in [0.29, 0.717) is 30.3 Å². The highest BCUT2D eigenvalue weighted by atomic mass is 32.2. The monoisotopic (exact) mass is 477 g/mol. The normalized spacial score (nSPS) is 17.0. The fraction of sp³-hybridized carbons (Fsp3) is 0.333. The van der Waals surface area contributed by atoms with Crippen molar-refractivity contribution in [2.45, 2.75) is 9.79 Å². The van der Waals surface area contributed by atoms with E-state index in [1.54, 1.807) is 36.4 Å². The predicted octanol–water partition coefficient (Wildman–Crippen LogP) is 1.79. The molecule has 1 N–H and O–H groups in total. The molecule has 2 aromatic rings. The van der Waals surface area contributed by atoms with Gasteiger partial charge in [0.25, 0.3) is 0 Å². The van der Waals surface area contributed by atoms with Gasteiger partial charge in [0.15, 0.2) is 0 Å². The Balaban J connectivity index is 1.59. The van der Waals surface area contributed by atoms with Gasteiger partial charge in [-0.3, -0.25) is 9.59 Å². The van der Waals surface area contributed by atoms with Crippen molar-refractivity contribution < 1.29 is 27.5 Å². The second-order valence-electron chi connectivity index (χ2n) is 7.16. The van der Waals surface area contributed by atoms with E-state index in [4.69, 9.17) is 9.47 Å². The Hall–Kier alpha value is -2.60. The smallest absolute Gasteiger partial charge is 0.244 e. The van der Waals surface area contributed by atoms with Gasteiger partial charge in [-0.15, -0.1) is 11.8 Å². The number of methoxy groups -OCH3 is 1. The third-order valence-corrected chi connectivity index (χ3v) is 8.11. The number of thioether (sulfide) groups is 1. The first-order chi connectivity index (χ1) is 15.4. The summed E-state index contributed by atoms with van der Waals surface area (Å²) >= 11 is 1.32. The molecule has 0 bridgehead atoms. The van der Waals surface area contributed by atoms with E-state index < -0.39 is 15.9 Å². The number of anilines is 2. The van der Waals surface area contributed by atoms with E-state index in [0.717, 1.165) is 4.90 Å². The number of benzene rings is 2. The Morgan fingerprint density at radius 2 is 1.94 bits per heavy atom. The molecule has 32 heavy (non-hydrogen) atoms. The Morgan fingerprint density at radius 1 is 1.19 bits per heavy atom. The quantitative estimate of drug-likeness (QED) is 0.676. The van der Waals surface area contributed by atoms with Crippen molar-refractivity contribution in [1.82, 2.24) is 4.31 Å². The molecule has 0 radical (unpaired) electrons. The highest BCUT2D eigenvalue weighted by Gasteiger charge is 2.31. The molecule has 11 heteroatoms. The topological polar surface area (TPSA) is 105 Å². The average molecular weight is 478 g/mol. The fourth-order valence-electron chi connectivity index (χ4n) is 3.53. The van der Waals surface area contributed by atoms with Crippen LogP contribution in [0.4, 0.5) is 11.4 Å². The van der Waals surface area contributed by atoms with Crippen LogP contribution in [0.15, 0.2) is 52.3 Å². The van der Waals surface area contributed by atoms with Crippen LogP contribution in [0.25, 0.3) is 0 Å². The van der Waals surface area contributed by atoms with Gasteiger partial charge in [0, 0.05) is 18.0 Å². The molecule has 0 aromatic heterocycles. The van der Waals surface area contributed by atoms with Gasteiger partial charge in [0.1, 0.15) is 12.3 Å². The Morgan fingerprint density at radius 3 is 2.69 bits per heavy atom. The molecule has 170 valence electrons. The summed E-state index contributed by atoms with van der Waals surface area (Å²) in [4.78, 5) is 27.5. The number of hydrogen-bond acceptors (Lipinski definition) is 7. The van der Waals surface area contributed by atoms with Crippen molar-refractivity contribution >= 4 is 45.0 Å². The number of rotatable bonds is 6. The average Bonchev–Trinajstić information content (AvgIpc) is 2.81. The molecular weight excluding hydrogens is 454 g/mol. The van der Waals surface area contributed by atoms with Crippen molar-refractivity contribution in [2.75, 3.05) is 55.9 Å². The molecule has 2 aromatic carbocycles. The van der Waals surface area contributed by atoms with Crippen LogP contribution in [0.1, 0.15) is 0 Å². The van der Waals surface area contributed by atoms with Gasteiger partial charge in [0.05, 0.1) is 42.3 Å². The molecule has 0 aliphatic carbocycles. The number of hydrogen-bond donors (Lipinski definition) is 1. The second-order valence-corrected chi connectivity index (χ2v) is 10.1. The summed E-state index contributed by atoms with van der Waals surface area (Å²) in [5.74, 6) is -0.00813. The Bertz CT molecular complexity index is 1130. The van der Waals surface area contributed by atoms with Crippen molar-refractivity contribution in [3.63, 3.8) is 0 Å². The molecule has 1 saturated heterocycles. The number of sulfonamides is 1. The minimum atomic E-state index is -3.73. The summed E-state index contributed by atoms with van der Waals surface area (Å²) < 4.78 is 38.0. The van der Waals surface area contributed by atoms with E-state index >= 15 is 0 Å². The van der Waals surface area contributed by atoms with Crippen LogP contribution >= 0.6 is 11.8 Å². The van der Waals surface area contributed by atoms with E-state index in [-0.39, 0.29) is 36.2 Å². The summed E-state index contributed by atoms with van der Waals surface area (Å²) in [5.41, 5.74) is 0.901. The summed E-state index contributed by atoms with van der Waals surface area (Å²) in [6, 6.07) is 11.7. The SMILES string of the molecule is COc1ccccc1NC(=O)CN1C(=O)CSc2ccc(S(=O)(=O)N3CCOCC3)cc21. The van der Waals surface area contributed by atoms with Gasteiger partial charge < -0.3 is 19.7 Å². The highest BCUT2D eigenvalue weighted by Crippen LogP contribution is 2.37. The molecule has 0 unspecified atom stereocenters. The van der Waals surface area contributed by atoms with E-state index in [9.17, 15) is 18.0 Å². The molecule has 0 atom stereocenters. The number of carbonyl (C=O) groups is 2. The second kappa shape index (κ2) is 9.49. The van der Waals surface area contributed by atoms with Gasteiger partial charge in [-0.1, -0.05) is 12.1 Å². The zero-order valence-corrected chi connectivity index (χ0v) is 19.1. The number of morpholine rings is 1. The van der Waals surface area contributed by atoms with Crippen LogP contribution in [0.3, 0.4) is 0 Å². The molecule has 2 heterocycles. The zero-order chi connectivity index (χ0) is 22.7. The molecular formula is C21H23N3O6S2. The number of para-hydroxylation sites is 2. The predicted molar refractivity (Wildman–Crippen MR) is 121 cm³/mol. The van der Waals surface area contributed by atoms with Gasteiger partial charge in [-0.25, -0.2) is 8.42 Å². The van der Waals surface area contributed by atoms with Crippen molar-refractivity contribution in [3.8, 4) is 5.75 Å². The van der Waals surface area contributed by atoms with Crippen molar-refractivity contribution in [1.29, 1.82) is 0 Å². The highest BCUT2D eigenvalue weighted by molar-refractivity contribution is 8.00. The molecule has 2 aliphatic heterocycles. The number of fused-ring (bicyclic) bond motifs is 1. The molecule has 4 rings (SSSR count). The van der Waals surface area contributed by atoms with Crippen molar-refractivity contribution in [3.05, 3.63) is 42.5 Å². The Kier molecular flexibility index (Phi) is 6.70. The summed E-state index contributed by atoms with van der Waals surface area (Å²) in [5, 5.41) is 2.75. The first kappa shape index (κ1) is 22.6. The minimum absolute atomic E-state index is 0.0867. The molecule has 1 fully saturated rings. The molecule has 0 spiro atoms. The largest absolute Gasteiger partial charge is 0.495 e. The number of nitrogens with one attached hydrogen (secondary N) is 1. The first-order valence-electron chi connectivity index (χ1n) is 9.98. The number of amides is 2. The number of ether oxygens (including phenoxy) is 2. The van der Waals surface area contributed by atoms with E-state index in [2.05, 4.69) is 5.32 Å². The third kappa shape index (κ3) is 4.60. The maximum Gasteiger partial charge on any atom is 0.244 e.